The molecular weight excluding hydrogens is 440 g/mol. The molecule has 1 saturated carbocycles. The topological polar surface area (TPSA) is 92.2 Å². The summed E-state index contributed by atoms with van der Waals surface area (Å²) in [5.41, 5.74) is 0.597. The first-order valence-corrected chi connectivity index (χ1v) is 12.5. The van der Waals surface area contributed by atoms with E-state index in [0.29, 0.717) is 17.9 Å². The van der Waals surface area contributed by atoms with Gasteiger partial charge in [0.05, 0.1) is 34.2 Å². The van der Waals surface area contributed by atoms with Crippen molar-refractivity contribution < 1.29 is 17.9 Å². The fraction of sp³-hybridized carbons (Fsp3) is 0.571. The second-order valence-electron chi connectivity index (χ2n) is 8.74. The minimum atomic E-state index is -3.62. The van der Waals surface area contributed by atoms with Gasteiger partial charge in [0.1, 0.15) is 5.78 Å². The van der Waals surface area contributed by atoms with E-state index in [1.54, 1.807) is 18.6 Å². The molecule has 31 heavy (non-hydrogen) atoms. The summed E-state index contributed by atoms with van der Waals surface area (Å²) in [5, 5.41) is -0.122. The molecule has 0 aromatic carbocycles. The van der Waals surface area contributed by atoms with Crippen molar-refractivity contribution in [3.8, 4) is 0 Å². The number of ketones is 1. The lowest BCUT2D eigenvalue weighted by Crippen LogP contribution is -2.46. The number of aliphatic imine (C=N–C) groups is 1. The molecule has 10 heteroatoms. The molecule has 1 aromatic rings. The molecule has 3 aliphatic heterocycles. The van der Waals surface area contributed by atoms with Crippen molar-refractivity contribution >= 4 is 39.3 Å². The number of fused-ring (bicyclic) bond motifs is 1. The van der Waals surface area contributed by atoms with Crippen molar-refractivity contribution in [2.45, 2.75) is 49.1 Å². The Hall–Kier alpha value is -1.97. The summed E-state index contributed by atoms with van der Waals surface area (Å²) in [6.45, 7) is 1.75. The normalized spacial score (nSPS) is 30.1. The smallest absolute Gasteiger partial charge is 0.238 e. The average Bonchev–Trinajstić information content (AvgIpc) is 3.14. The molecule has 166 valence electrons. The zero-order chi connectivity index (χ0) is 21.6. The lowest BCUT2D eigenvalue weighted by Gasteiger charge is -2.40. The van der Waals surface area contributed by atoms with E-state index in [9.17, 15) is 13.2 Å². The number of carbonyl (C=O) groups excluding carboxylic acids is 1. The van der Waals surface area contributed by atoms with Crippen molar-refractivity contribution in [1.29, 1.82) is 0 Å². The molecule has 1 spiro atoms. The van der Waals surface area contributed by atoms with Crippen LogP contribution in [-0.4, -0.2) is 66.3 Å². The molecule has 0 radical (unpaired) electrons. The highest BCUT2D eigenvalue weighted by Gasteiger charge is 2.54. The van der Waals surface area contributed by atoms with E-state index in [0.717, 1.165) is 31.6 Å². The number of carbonyl (C=O) groups is 1. The summed E-state index contributed by atoms with van der Waals surface area (Å²) in [4.78, 5) is 23.1. The average molecular weight is 465 g/mol. The largest absolute Gasteiger partial charge is 0.371 e. The summed E-state index contributed by atoms with van der Waals surface area (Å²) in [6.07, 6.45) is 10.2. The Bertz CT molecular complexity index is 1040. The minimum absolute atomic E-state index is 0.0102. The van der Waals surface area contributed by atoms with Crippen LogP contribution in [0.3, 0.4) is 0 Å². The molecule has 1 aromatic heterocycles. The highest BCUT2D eigenvalue weighted by atomic mass is 35.5. The van der Waals surface area contributed by atoms with Crippen LogP contribution in [0.25, 0.3) is 0 Å². The van der Waals surface area contributed by atoms with Gasteiger partial charge in [-0.25, -0.2) is 8.42 Å². The first-order chi connectivity index (χ1) is 14.9. The van der Waals surface area contributed by atoms with E-state index in [1.165, 1.54) is 16.7 Å². The third-order valence-corrected chi connectivity index (χ3v) is 9.40. The Kier molecular flexibility index (Phi) is 5.30. The van der Waals surface area contributed by atoms with Crippen LogP contribution in [0.15, 0.2) is 35.9 Å². The molecule has 2 saturated heterocycles. The third-order valence-electron chi connectivity index (χ3n) is 6.98. The van der Waals surface area contributed by atoms with Gasteiger partial charge in [0.25, 0.3) is 0 Å². The third kappa shape index (κ3) is 3.76. The second kappa shape index (κ2) is 7.86. The van der Waals surface area contributed by atoms with Gasteiger partial charge in [-0.15, -0.1) is 0 Å². The number of nitrogens with zero attached hydrogens (tertiary/aromatic N) is 4. The molecule has 3 fully saturated rings. The maximum absolute atomic E-state index is 13.1. The number of piperidine rings is 1. The molecule has 0 bridgehead atoms. The van der Waals surface area contributed by atoms with Crippen molar-refractivity contribution in [1.82, 2.24) is 9.29 Å². The molecular formula is C21H25ClN4O4S. The molecule has 5 rings (SSSR count). The van der Waals surface area contributed by atoms with Crippen LogP contribution in [0.2, 0.25) is 5.02 Å². The highest BCUT2D eigenvalue weighted by molar-refractivity contribution is 7.89. The number of Topliss-reactive ketones (excluding diaryl/α,β-unsaturated/α-hetero) is 1. The fourth-order valence-corrected chi connectivity index (χ4v) is 7.23. The van der Waals surface area contributed by atoms with Crippen LogP contribution in [0.1, 0.15) is 32.1 Å². The molecule has 8 nitrogen and oxygen atoms in total. The van der Waals surface area contributed by atoms with Gasteiger partial charge in [-0.1, -0.05) is 11.6 Å². The molecule has 3 unspecified atom stereocenters. The van der Waals surface area contributed by atoms with Crippen molar-refractivity contribution in [3.63, 3.8) is 0 Å². The van der Waals surface area contributed by atoms with E-state index in [2.05, 4.69) is 14.9 Å². The first kappa shape index (κ1) is 20.9. The quantitative estimate of drug-likeness (QED) is 0.682. The second-order valence-corrected chi connectivity index (χ2v) is 11.3. The van der Waals surface area contributed by atoms with Crippen LogP contribution in [-0.2, 0) is 19.6 Å². The number of aromatic nitrogens is 1. The summed E-state index contributed by atoms with van der Waals surface area (Å²) < 4.78 is 33.9. The van der Waals surface area contributed by atoms with Gasteiger partial charge in [-0.3, -0.25) is 19.1 Å². The zero-order valence-electron chi connectivity index (χ0n) is 17.1. The Morgan fingerprint density at radius 2 is 2.06 bits per heavy atom. The van der Waals surface area contributed by atoms with Crippen LogP contribution < -0.4 is 4.90 Å². The van der Waals surface area contributed by atoms with Gasteiger partial charge >= 0.3 is 0 Å². The van der Waals surface area contributed by atoms with E-state index < -0.39 is 15.3 Å². The Morgan fingerprint density at radius 1 is 1.26 bits per heavy atom. The van der Waals surface area contributed by atoms with Gasteiger partial charge in [0.15, 0.2) is 0 Å². The number of rotatable bonds is 3. The summed E-state index contributed by atoms with van der Waals surface area (Å²) in [6, 6.07) is 1.91. The van der Waals surface area contributed by atoms with Gasteiger partial charge in [0.2, 0.25) is 10.0 Å². The predicted octanol–water partition coefficient (Wildman–Crippen LogP) is 2.40. The number of ether oxygens (including phenoxy) is 1. The molecule has 0 N–H and O–H groups in total. The standard InChI is InChI=1S/C21H25ClN4O4S/c22-17-14-24-4-1-18(17)25-7-2-21(3-8-25)13-16-19(27)11-15(12-20(16)30-21)31(28,29)26-9-5-23-6-10-26/h1,4-6,9,14-16,20H,2-3,7-8,10-13H2. The number of sulfonamides is 1. The number of hydrogen-bond acceptors (Lipinski definition) is 7. The van der Waals surface area contributed by atoms with E-state index in [-0.39, 0.29) is 36.4 Å². The van der Waals surface area contributed by atoms with E-state index in [4.69, 9.17) is 16.3 Å². The van der Waals surface area contributed by atoms with Crippen molar-refractivity contribution in [2.75, 3.05) is 24.5 Å². The van der Waals surface area contributed by atoms with Crippen LogP contribution in [0, 0.1) is 5.92 Å². The summed E-state index contributed by atoms with van der Waals surface area (Å²) in [7, 11) is -3.62. The number of pyridine rings is 1. The van der Waals surface area contributed by atoms with Crippen LogP contribution in [0.5, 0.6) is 0 Å². The lowest BCUT2D eigenvalue weighted by atomic mass is 9.79. The summed E-state index contributed by atoms with van der Waals surface area (Å²) in [5.74, 6) is -0.197. The van der Waals surface area contributed by atoms with E-state index in [1.807, 2.05) is 6.07 Å². The van der Waals surface area contributed by atoms with Gasteiger partial charge in [0, 0.05) is 56.4 Å². The number of halogens is 1. The van der Waals surface area contributed by atoms with Crippen LogP contribution in [0.4, 0.5) is 5.69 Å². The Morgan fingerprint density at radius 3 is 2.77 bits per heavy atom. The maximum Gasteiger partial charge on any atom is 0.238 e. The highest BCUT2D eigenvalue weighted by Crippen LogP contribution is 2.48. The van der Waals surface area contributed by atoms with Crippen molar-refractivity contribution in [2.24, 2.45) is 10.9 Å². The SMILES string of the molecule is O=C1CC(S(=O)(=O)N2C=CN=CC2)CC2OC3(CCN(c4ccncc4Cl)CC3)CC12. The van der Waals surface area contributed by atoms with E-state index >= 15 is 0 Å². The molecule has 1 aliphatic carbocycles. The lowest BCUT2D eigenvalue weighted by molar-refractivity contribution is -0.128. The van der Waals surface area contributed by atoms with Crippen LogP contribution >= 0.6 is 11.6 Å². The van der Waals surface area contributed by atoms with Gasteiger partial charge in [-0.2, -0.15) is 0 Å². The molecule has 3 atom stereocenters. The maximum atomic E-state index is 13.1. The molecule has 4 aliphatic rings. The molecule has 0 amide bonds. The van der Waals surface area contributed by atoms with Gasteiger partial charge < -0.3 is 9.64 Å². The molecule has 4 heterocycles. The Labute approximate surface area is 187 Å². The monoisotopic (exact) mass is 464 g/mol. The number of hydrogen-bond donors (Lipinski definition) is 0. The zero-order valence-corrected chi connectivity index (χ0v) is 18.6. The number of anilines is 1. The van der Waals surface area contributed by atoms with Crippen molar-refractivity contribution in [3.05, 3.63) is 35.9 Å². The summed E-state index contributed by atoms with van der Waals surface area (Å²) >= 11 is 6.30. The fourth-order valence-electron chi connectivity index (χ4n) is 5.31. The predicted molar refractivity (Wildman–Crippen MR) is 118 cm³/mol. The van der Waals surface area contributed by atoms with Gasteiger partial charge in [-0.05, 0) is 31.7 Å². The minimum Gasteiger partial charge on any atom is -0.371 e. The first-order valence-electron chi connectivity index (χ1n) is 10.6. The Balaban J connectivity index is 1.27.